The van der Waals surface area contributed by atoms with Crippen LogP contribution in [0.4, 0.5) is 4.39 Å². The molecule has 0 fully saturated rings. The summed E-state index contributed by atoms with van der Waals surface area (Å²) in [4.78, 5) is 0. The summed E-state index contributed by atoms with van der Waals surface area (Å²) in [5.74, 6) is -0.299. The molecule has 2 heteroatoms. The lowest BCUT2D eigenvalue weighted by molar-refractivity contribution is 0.617. The van der Waals surface area contributed by atoms with Gasteiger partial charge >= 0.3 is 0 Å². The molecule has 0 spiro atoms. The Morgan fingerprint density at radius 1 is 1.36 bits per heavy atom. The highest BCUT2D eigenvalue weighted by Crippen LogP contribution is 2.13. The molecule has 0 bridgehead atoms. The van der Waals surface area contributed by atoms with Crippen molar-refractivity contribution in [3.8, 4) is 0 Å². The molecule has 0 saturated heterocycles. The third-order valence-electron chi connectivity index (χ3n) is 1.31. The maximum atomic E-state index is 12.3. The molecule has 0 amide bonds. The summed E-state index contributed by atoms with van der Waals surface area (Å²) in [6.45, 7) is 3.19. The summed E-state index contributed by atoms with van der Waals surface area (Å²) < 4.78 is 13.3. The van der Waals surface area contributed by atoms with E-state index in [4.69, 9.17) is 0 Å². The lowest BCUT2D eigenvalue weighted by atomic mass is 10.1. The second-order valence-electron chi connectivity index (χ2n) is 2.32. The molecule has 0 aliphatic heterocycles. The van der Waals surface area contributed by atoms with E-state index in [1.807, 2.05) is 24.3 Å². The first-order valence-electron chi connectivity index (χ1n) is 3.26. The molecule has 0 aliphatic carbocycles. The second kappa shape index (κ2) is 3.67. The van der Waals surface area contributed by atoms with Crippen LogP contribution in [0.2, 0.25) is 0 Å². The van der Waals surface area contributed by atoms with Crippen molar-refractivity contribution in [2.45, 2.75) is 6.42 Å². The van der Waals surface area contributed by atoms with Gasteiger partial charge in [0.05, 0.1) is 5.83 Å². The molecule has 0 atom stereocenters. The quantitative estimate of drug-likeness (QED) is 0.708. The van der Waals surface area contributed by atoms with Crippen LogP contribution in [0.15, 0.2) is 41.1 Å². The third kappa shape index (κ3) is 2.85. The van der Waals surface area contributed by atoms with Gasteiger partial charge in [0.15, 0.2) is 0 Å². The molecule has 0 saturated carbocycles. The predicted octanol–water partition coefficient (Wildman–Crippen LogP) is 3.47. The number of benzene rings is 1. The summed E-state index contributed by atoms with van der Waals surface area (Å²) in [7, 11) is 0. The fourth-order valence-electron chi connectivity index (χ4n) is 0.824. The highest BCUT2D eigenvalue weighted by molar-refractivity contribution is 9.10. The summed E-state index contributed by atoms with van der Waals surface area (Å²) in [5, 5.41) is 0. The molecule has 0 unspecified atom stereocenters. The predicted molar refractivity (Wildman–Crippen MR) is 48.1 cm³/mol. The summed E-state index contributed by atoms with van der Waals surface area (Å²) >= 11 is 3.30. The van der Waals surface area contributed by atoms with E-state index >= 15 is 0 Å². The van der Waals surface area contributed by atoms with Gasteiger partial charge < -0.3 is 0 Å². The molecular formula is C9H8BrF. The number of hydrogen-bond acceptors (Lipinski definition) is 0. The average molecular weight is 215 g/mol. The van der Waals surface area contributed by atoms with Gasteiger partial charge in [0, 0.05) is 10.9 Å². The maximum absolute atomic E-state index is 12.3. The van der Waals surface area contributed by atoms with E-state index in [2.05, 4.69) is 22.5 Å². The molecule has 0 aliphatic rings. The molecule has 58 valence electrons. The lowest BCUT2D eigenvalue weighted by Gasteiger charge is -1.96. The van der Waals surface area contributed by atoms with E-state index in [1.165, 1.54) is 0 Å². The molecule has 0 nitrogen and oxygen atoms in total. The molecule has 0 N–H and O–H groups in total. The summed E-state index contributed by atoms with van der Waals surface area (Å²) in [6.07, 6.45) is 0.313. The van der Waals surface area contributed by atoms with Crippen molar-refractivity contribution in [3.63, 3.8) is 0 Å². The van der Waals surface area contributed by atoms with Gasteiger partial charge in [-0.15, -0.1) is 0 Å². The van der Waals surface area contributed by atoms with Crippen molar-refractivity contribution in [1.29, 1.82) is 0 Å². The Balaban J connectivity index is 2.74. The van der Waals surface area contributed by atoms with E-state index in [1.54, 1.807) is 0 Å². The Hall–Kier alpha value is -0.630. The topological polar surface area (TPSA) is 0 Å². The van der Waals surface area contributed by atoms with Gasteiger partial charge in [-0.1, -0.05) is 34.6 Å². The third-order valence-corrected chi connectivity index (χ3v) is 1.84. The Morgan fingerprint density at radius 3 is 2.36 bits per heavy atom. The summed E-state index contributed by atoms with van der Waals surface area (Å²) in [5.41, 5.74) is 0.945. The minimum absolute atomic E-state index is 0.299. The van der Waals surface area contributed by atoms with Crippen molar-refractivity contribution in [2.75, 3.05) is 0 Å². The molecule has 1 aromatic carbocycles. The van der Waals surface area contributed by atoms with Gasteiger partial charge in [-0.25, -0.2) is 4.39 Å². The summed E-state index contributed by atoms with van der Waals surface area (Å²) in [6, 6.07) is 7.51. The average Bonchev–Trinajstić information content (AvgIpc) is 1.93. The SMILES string of the molecule is C=C(F)Cc1ccc(Br)cc1. The first-order chi connectivity index (χ1) is 5.18. The number of rotatable bonds is 2. The van der Waals surface area contributed by atoms with E-state index in [9.17, 15) is 4.39 Å². The van der Waals surface area contributed by atoms with Crippen molar-refractivity contribution in [3.05, 3.63) is 46.7 Å². The molecular weight excluding hydrogens is 207 g/mol. The van der Waals surface area contributed by atoms with Crippen LogP contribution >= 0.6 is 15.9 Å². The number of hydrogen-bond donors (Lipinski definition) is 0. The van der Waals surface area contributed by atoms with E-state index in [-0.39, 0.29) is 5.83 Å². The lowest BCUT2D eigenvalue weighted by Crippen LogP contribution is -1.82. The van der Waals surface area contributed by atoms with Gasteiger partial charge in [-0.3, -0.25) is 0 Å². The van der Waals surface area contributed by atoms with Crippen LogP contribution in [0.5, 0.6) is 0 Å². The Bertz CT molecular complexity index is 251. The van der Waals surface area contributed by atoms with Crippen LogP contribution in [0, 0.1) is 0 Å². The van der Waals surface area contributed by atoms with Gasteiger partial charge in [0.1, 0.15) is 0 Å². The minimum atomic E-state index is -0.299. The fraction of sp³-hybridized carbons (Fsp3) is 0.111. The van der Waals surface area contributed by atoms with Crippen LogP contribution in [0.1, 0.15) is 5.56 Å². The van der Waals surface area contributed by atoms with Crippen molar-refractivity contribution in [1.82, 2.24) is 0 Å². The standard InChI is InChI=1S/C9H8BrF/c1-7(11)6-8-2-4-9(10)5-3-8/h2-5H,1,6H2. The Morgan fingerprint density at radius 2 is 1.91 bits per heavy atom. The van der Waals surface area contributed by atoms with E-state index in [0.29, 0.717) is 6.42 Å². The first kappa shape index (κ1) is 8.47. The van der Waals surface area contributed by atoms with Gasteiger partial charge in [-0.2, -0.15) is 0 Å². The fourth-order valence-corrected chi connectivity index (χ4v) is 1.09. The second-order valence-corrected chi connectivity index (χ2v) is 3.24. The molecule has 0 radical (unpaired) electrons. The van der Waals surface area contributed by atoms with Gasteiger partial charge in [0.25, 0.3) is 0 Å². The smallest absolute Gasteiger partial charge is 0.0971 e. The minimum Gasteiger partial charge on any atom is -0.212 e. The van der Waals surface area contributed by atoms with E-state index < -0.39 is 0 Å². The highest BCUT2D eigenvalue weighted by atomic mass is 79.9. The Kier molecular flexibility index (Phi) is 2.83. The zero-order valence-electron chi connectivity index (χ0n) is 5.98. The maximum Gasteiger partial charge on any atom is 0.0971 e. The van der Waals surface area contributed by atoms with Crippen LogP contribution in [0.25, 0.3) is 0 Å². The van der Waals surface area contributed by atoms with E-state index in [0.717, 1.165) is 10.0 Å². The monoisotopic (exact) mass is 214 g/mol. The van der Waals surface area contributed by atoms with Crippen LogP contribution in [-0.2, 0) is 6.42 Å². The van der Waals surface area contributed by atoms with Crippen molar-refractivity contribution in [2.24, 2.45) is 0 Å². The van der Waals surface area contributed by atoms with Crippen LogP contribution < -0.4 is 0 Å². The molecule has 1 aromatic rings. The van der Waals surface area contributed by atoms with Gasteiger partial charge in [-0.05, 0) is 17.7 Å². The highest BCUT2D eigenvalue weighted by Gasteiger charge is 1.94. The zero-order chi connectivity index (χ0) is 8.27. The van der Waals surface area contributed by atoms with Crippen molar-refractivity contribution < 1.29 is 4.39 Å². The molecule has 0 heterocycles. The van der Waals surface area contributed by atoms with Crippen molar-refractivity contribution >= 4 is 15.9 Å². The zero-order valence-corrected chi connectivity index (χ0v) is 7.57. The van der Waals surface area contributed by atoms with Gasteiger partial charge in [0.2, 0.25) is 0 Å². The normalized spacial score (nSPS) is 9.64. The molecule has 0 aromatic heterocycles. The number of halogens is 2. The first-order valence-corrected chi connectivity index (χ1v) is 4.05. The number of allylic oxidation sites excluding steroid dienone is 1. The van der Waals surface area contributed by atoms with Crippen LogP contribution in [-0.4, -0.2) is 0 Å². The molecule has 11 heavy (non-hydrogen) atoms. The van der Waals surface area contributed by atoms with Crippen LogP contribution in [0.3, 0.4) is 0 Å². The largest absolute Gasteiger partial charge is 0.212 e. The molecule has 1 rings (SSSR count). The Labute approximate surface area is 73.9 Å².